The molecule has 0 saturated heterocycles. The lowest BCUT2D eigenvalue weighted by molar-refractivity contribution is 1.18. The van der Waals surface area contributed by atoms with Gasteiger partial charge in [0.15, 0.2) is 0 Å². The Labute approximate surface area is 492 Å². The van der Waals surface area contributed by atoms with Crippen molar-refractivity contribution in [2.24, 2.45) is 0 Å². The van der Waals surface area contributed by atoms with Gasteiger partial charge in [0.2, 0.25) is 0 Å². The molecule has 0 N–H and O–H groups in total. The fourth-order valence-electron chi connectivity index (χ4n) is 12.7. The SMILES string of the molecule is c1ccc(-c2ccc(N(c3ccc(-c4ccccc4)cc3)c3cc(-c4cc5ccccc5c5ccccc45)cc(N(c4ccc(-c5ccc6sc7ccccc7c6c5)cc4)c4ccc5c6ccccc6n(-c6ccccc6)c5c4)c3)cc2)cc1. The quantitative estimate of drug-likeness (QED) is 0.120. The Morgan fingerprint density at radius 2 is 0.679 bits per heavy atom. The molecular weight excluding hydrogens is 1030 g/mol. The molecule has 0 aliphatic heterocycles. The number of para-hydroxylation sites is 2. The van der Waals surface area contributed by atoms with Gasteiger partial charge >= 0.3 is 0 Å². The first-order chi connectivity index (χ1) is 41.6. The van der Waals surface area contributed by atoms with Crippen LogP contribution in [0.15, 0.2) is 322 Å². The van der Waals surface area contributed by atoms with Crippen LogP contribution in [0.1, 0.15) is 0 Å². The molecule has 2 aromatic heterocycles. The molecule has 0 atom stereocenters. The maximum Gasteiger partial charge on any atom is 0.0561 e. The highest BCUT2D eigenvalue weighted by Crippen LogP contribution is 2.48. The molecule has 3 nitrogen and oxygen atoms in total. The Balaban J connectivity index is 0.953. The molecular formula is C80H53N3S. The van der Waals surface area contributed by atoms with Crippen molar-refractivity contribution < 1.29 is 0 Å². The summed E-state index contributed by atoms with van der Waals surface area (Å²) in [6.45, 7) is 0. The topological polar surface area (TPSA) is 11.4 Å². The summed E-state index contributed by atoms with van der Waals surface area (Å²) in [4.78, 5) is 4.90. The zero-order valence-corrected chi connectivity index (χ0v) is 46.7. The van der Waals surface area contributed by atoms with Crippen molar-refractivity contribution in [1.29, 1.82) is 0 Å². The molecule has 84 heavy (non-hydrogen) atoms. The first-order valence-electron chi connectivity index (χ1n) is 28.7. The van der Waals surface area contributed by atoms with E-state index in [0.29, 0.717) is 0 Å². The average molecular weight is 1090 g/mol. The standard InChI is InChI=1S/C80H53N3S/c1-4-18-54(19-5-1)56-32-39-63(40-33-56)81(64-41-34-57(35-42-64)55-20-6-2-7-21-55)67-48-61(75-51-60-22-10-11-25-69(60)70-26-12-13-27-71(70)75)49-68(52-67)82(65-43-36-58(37-44-65)59-38-47-80-76(50-59)74-29-15-17-31-79(74)84-80)66-45-46-73-72-28-14-16-30-77(72)83(78(73)53-66)62-23-8-3-9-24-62/h1-53H. The van der Waals surface area contributed by atoms with Crippen LogP contribution in [0.3, 0.4) is 0 Å². The van der Waals surface area contributed by atoms with Crippen LogP contribution in [0.25, 0.3) is 114 Å². The van der Waals surface area contributed by atoms with E-state index >= 15 is 0 Å². The van der Waals surface area contributed by atoms with E-state index in [2.05, 4.69) is 336 Å². The number of fused-ring (bicyclic) bond motifs is 9. The predicted molar refractivity (Wildman–Crippen MR) is 360 cm³/mol. The molecule has 2 heterocycles. The van der Waals surface area contributed by atoms with Gasteiger partial charge in [-0.3, -0.25) is 0 Å². The van der Waals surface area contributed by atoms with Gasteiger partial charge in [0.1, 0.15) is 0 Å². The minimum Gasteiger partial charge on any atom is -0.310 e. The zero-order valence-electron chi connectivity index (χ0n) is 45.8. The van der Waals surface area contributed by atoms with Crippen LogP contribution < -0.4 is 9.80 Å². The van der Waals surface area contributed by atoms with Crippen molar-refractivity contribution in [3.63, 3.8) is 0 Å². The van der Waals surface area contributed by atoms with Crippen LogP contribution in [-0.2, 0) is 0 Å². The number of rotatable bonds is 11. The van der Waals surface area contributed by atoms with Crippen molar-refractivity contribution in [3.05, 3.63) is 322 Å². The first kappa shape index (κ1) is 49.1. The number of aromatic nitrogens is 1. The summed E-state index contributed by atoms with van der Waals surface area (Å²) in [5.74, 6) is 0. The number of thiophene rings is 1. The van der Waals surface area contributed by atoms with Crippen LogP contribution in [0.4, 0.5) is 34.1 Å². The second-order valence-corrected chi connectivity index (χ2v) is 22.8. The van der Waals surface area contributed by atoms with Crippen molar-refractivity contribution in [3.8, 4) is 50.2 Å². The summed E-state index contributed by atoms with van der Waals surface area (Å²) < 4.78 is 5.03. The van der Waals surface area contributed by atoms with Gasteiger partial charge in [0.25, 0.3) is 0 Å². The monoisotopic (exact) mass is 1090 g/mol. The van der Waals surface area contributed by atoms with Crippen molar-refractivity contribution in [2.45, 2.75) is 0 Å². The number of hydrogen-bond acceptors (Lipinski definition) is 3. The molecule has 0 aliphatic rings. The molecule has 0 aliphatic carbocycles. The zero-order chi connectivity index (χ0) is 55.5. The van der Waals surface area contributed by atoms with E-state index in [-0.39, 0.29) is 0 Å². The van der Waals surface area contributed by atoms with Crippen LogP contribution in [0.5, 0.6) is 0 Å². The maximum absolute atomic E-state index is 2.47. The summed E-state index contributed by atoms with van der Waals surface area (Å²) in [5.41, 5.74) is 19.0. The first-order valence-corrected chi connectivity index (χ1v) is 29.5. The fourth-order valence-corrected chi connectivity index (χ4v) is 13.8. The Kier molecular flexibility index (Phi) is 12.1. The molecule has 394 valence electrons. The fraction of sp³-hybridized carbons (Fsp3) is 0. The highest BCUT2D eigenvalue weighted by atomic mass is 32.1. The van der Waals surface area contributed by atoms with Gasteiger partial charge in [-0.2, -0.15) is 0 Å². The minimum absolute atomic E-state index is 1.02. The van der Waals surface area contributed by atoms with Gasteiger partial charge in [-0.25, -0.2) is 0 Å². The van der Waals surface area contributed by atoms with E-state index in [0.717, 1.165) is 73.1 Å². The third-order valence-electron chi connectivity index (χ3n) is 16.7. The van der Waals surface area contributed by atoms with Gasteiger partial charge in [-0.1, -0.05) is 212 Å². The Bertz CT molecular complexity index is 5020. The summed E-state index contributed by atoms with van der Waals surface area (Å²) in [7, 11) is 0. The minimum atomic E-state index is 1.02. The summed E-state index contributed by atoms with van der Waals surface area (Å²) >= 11 is 1.86. The third kappa shape index (κ3) is 8.67. The highest BCUT2D eigenvalue weighted by Gasteiger charge is 2.23. The summed E-state index contributed by atoms with van der Waals surface area (Å²) in [6, 6.07) is 118. The number of benzene rings is 14. The van der Waals surface area contributed by atoms with E-state index in [1.54, 1.807) is 0 Å². The number of anilines is 6. The van der Waals surface area contributed by atoms with Gasteiger partial charge < -0.3 is 14.4 Å². The Morgan fingerprint density at radius 1 is 0.226 bits per heavy atom. The lowest BCUT2D eigenvalue weighted by atomic mass is 9.92. The molecule has 0 radical (unpaired) electrons. The maximum atomic E-state index is 2.47. The smallest absolute Gasteiger partial charge is 0.0561 e. The van der Waals surface area contributed by atoms with E-state index in [1.165, 1.54) is 74.7 Å². The molecule has 0 amide bonds. The second kappa shape index (κ2) is 20.6. The molecule has 14 aromatic carbocycles. The van der Waals surface area contributed by atoms with Crippen molar-refractivity contribution in [1.82, 2.24) is 4.57 Å². The molecule has 16 aromatic rings. The van der Waals surface area contributed by atoms with Crippen molar-refractivity contribution in [2.75, 3.05) is 9.80 Å². The van der Waals surface area contributed by atoms with Crippen LogP contribution >= 0.6 is 11.3 Å². The van der Waals surface area contributed by atoms with E-state index in [9.17, 15) is 0 Å². The number of nitrogens with zero attached hydrogens (tertiary/aromatic N) is 3. The molecule has 16 rings (SSSR count). The van der Waals surface area contributed by atoms with E-state index in [4.69, 9.17) is 0 Å². The number of hydrogen-bond donors (Lipinski definition) is 0. The molecule has 0 bridgehead atoms. The van der Waals surface area contributed by atoms with Gasteiger partial charge in [0.05, 0.1) is 11.0 Å². The van der Waals surface area contributed by atoms with E-state index in [1.807, 2.05) is 11.3 Å². The van der Waals surface area contributed by atoms with Crippen LogP contribution in [0, 0.1) is 0 Å². The predicted octanol–water partition coefficient (Wildman–Crippen LogP) is 23.1. The largest absolute Gasteiger partial charge is 0.310 e. The second-order valence-electron chi connectivity index (χ2n) is 21.7. The van der Waals surface area contributed by atoms with Crippen LogP contribution in [-0.4, -0.2) is 4.57 Å². The highest BCUT2D eigenvalue weighted by molar-refractivity contribution is 7.25. The van der Waals surface area contributed by atoms with E-state index < -0.39 is 0 Å². The average Bonchev–Trinajstić information content (AvgIpc) is 4.18. The Hall–Kier alpha value is -10.8. The third-order valence-corrected chi connectivity index (χ3v) is 17.9. The normalized spacial score (nSPS) is 11.6. The summed E-state index contributed by atoms with van der Waals surface area (Å²) in [6.07, 6.45) is 0. The molecule has 0 unspecified atom stereocenters. The lowest BCUT2D eigenvalue weighted by Crippen LogP contribution is -2.14. The molecule has 0 spiro atoms. The van der Waals surface area contributed by atoms with Gasteiger partial charge in [0, 0.05) is 70.8 Å². The Morgan fingerprint density at radius 3 is 1.32 bits per heavy atom. The molecule has 4 heteroatoms. The molecule has 0 saturated carbocycles. The molecule has 0 fully saturated rings. The lowest BCUT2D eigenvalue weighted by Gasteiger charge is -2.31. The van der Waals surface area contributed by atoms with Gasteiger partial charge in [-0.05, 0) is 175 Å². The van der Waals surface area contributed by atoms with Crippen LogP contribution in [0.2, 0.25) is 0 Å². The van der Waals surface area contributed by atoms with Gasteiger partial charge in [-0.15, -0.1) is 11.3 Å². The van der Waals surface area contributed by atoms with Crippen molar-refractivity contribution >= 4 is 109 Å². The summed E-state index contributed by atoms with van der Waals surface area (Å²) in [5, 5.41) is 9.87.